The SMILES string of the molecule is COc1ccc(CC[N+](C)=C(N)N=C(N)N)cc1.[Cl-]. The molecule has 7 heteroatoms. The Balaban J connectivity index is 0.00000324. The van der Waals surface area contributed by atoms with Crippen molar-refractivity contribution in [1.82, 2.24) is 0 Å². The fourth-order valence-corrected chi connectivity index (χ4v) is 1.42. The number of benzene rings is 1. The highest BCUT2D eigenvalue weighted by Gasteiger charge is 2.04. The van der Waals surface area contributed by atoms with Gasteiger partial charge in [-0.3, -0.25) is 10.3 Å². The lowest BCUT2D eigenvalue weighted by molar-refractivity contribution is -0.498. The minimum Gasteiger partial charge on any atom is -1.00 e. The van der Waals surface area contributed by atoms with Gasteiger partial charge in [0.25, 0.3) is 5.96 Å². The number of nitrogens with two attached hydrogens (primary N) is 3. The summed E-state index contributed by atoms with van der Waals surface area (Å²) in [6.45, 7) is 0.731. The quantitative estimate of drug-likeness (QED) is 0.303. The van der Waals surface area contributed by atoms with Crippen LogP contribution in [0.5, 0.6) is 5.75 Å². The monoisotopic (exact) mass is 285 g/mol. The molecule has 1 aromatic carbocycles. The number of nitrogens with zero attached hydrogens (tertiary/aromatic N) is 2. The standard InChI is InChI=1S/C12H19N5O.ClH/c1-17(12(15)16-11(13)14)8-7-9-3-5-10(18-2)6-4-9;/h3-6H,7-8H2,1-2H3,(H5,13,14,15,16);1H. The first kappa shape index (κ1) is 17.1. The lowest BCUT2D eigenvalue weighted by Gasteiger charge is -2.04. The van der Waals surface area contributed by atoms with Crippen LogP contribution in [0, 0.1) is 0 Å². The molecule has 0 saturated carbocycles. The minimum atomic E-state index is -0.0382. The maximum Gasteiger partial charge on any atom is 0.388 e. The van der Waals surface area contributed by atoms with E-state index in [1.807, 2.05) is 31.3 Å². The van der Waals surface area contributed by atoms with E-state index in [1.165, 1.54) is 5.56 Å². The first-order chi connectivity index (χ1) is 8.52. The molecule has 0 saturated heterocycles. The molecule has 0 fully saturated rings. The van der Waals surface area contributed by atoms with Gasteiger partial charge in [0.15, 0.2) is 0 Å². The Labute approximate surface area is 119 Å². The normalized spacial score (nSPS) is 11.1. The van der Waals surface area contributed by atoms with Crippen LogP contribution in [0.25, 0.3) is 0 Å². The van der Waals surface area contributed by atoms with Crippen molar-refractivity contribution in [2.24, 2.45) is 22.2 Å². The average molecular weight is 286 g/mol. The largest absolute Gasteiger partial charge is 1.00 e. The molecule has 0 atom stereocenters. The van der Waals surface area contributed by atoms with Gasteiger partial charge >= 0.3 is 5.96 Å². The van der Waals surface area contributed by atoms with Crippen molar-refractivity contribution in [3.05, 3.63) is 29.8 Å². The number of methoxy groups -OCH3 is 1. The predicted octanol–water partition coefficient (Wildman–Crippen LogP) is -3.53. The zero-order chi connectivity index (χ0) is 13.5. The summed E-state index contributed by atoms with van der Waals surface area (Å²) in [6, 6.07) is 7.89. The number of guanidine groups is 2. The van der Waals surface area contributed by atoms with E-state index in [2.05, 4.69) is 4.99 Å². The average Bonchev–Trinajstić information content (AvgIpc) is 2.35. The molecule has 106 valence electrons. The summed E-state index contributed by atoms with van der Waals surface area (Å²) >= 11 is 0. The van der Waals surface area contributed by atoms with Crippen LogP contribution < -0.4 is 34.3 Å². The number of hydrogen-bond acceptors (Lipinski definition) is 1. The van der Waals surface area contributed by atoms with Crippen LogP contribution in [0.3, 0.4) is 0 Å². The van der Waals surface area contributed by atoms with Crippen LogP contribution in [0.1, 0.15) is 5.56 Å². The number of aliphatic imine (C=N–C) groups is 1. The van der Waals surface area contributed by atoms with E-state index in [9.17, 15) is 0 Å². The molecule has 1 rings (SSSR count). The first-order valence-electron chi connectivity index (χ1n) is 5.59. The summed E-state index contributed by atoms with van der Waals surface area (Å²) in [6.07, 6.45) is 0.848. The van der Waals surface area contributed by atoms with E-state index in [1.54, 1.807) is 11.7 Å². The molecule has 0 amide bonds. The third kappa shape index (κ3) is 5.96. The van der Waals surface area contributed by atoms with Gasteiger partial charge in [0, 0.05) is 6.42 Å². The Hall–Kier alpha value is -1.95. The van der Waals surface area contributed by atoms with Crippen LogP contribution >= 0.6 is 0 Å². The van der Waals surface area contributed by atoms with Crippen LogP contribution in [0.4, 0.5) is 0 Å². The van der Waals surface area contributed by atoms with Crippen LogP contribution in [-0.4, -0.2) is 37.2 Å². The van der Waals surface area contributed by atoms with Gasteiger partial charge in [0.2, 0.25) is 0 Å². The second kappa shape index (κ2) is 8.20. The molecule has 6 nitrogen and oxygen atoms in total. The number of hydrogen-bond donors (Lipinski definition) is 3. The lowest BCUT2D eigenvalue weighted by Crippen LogP contribution is -3.00. The third-order valence-electron chi connectivity index (χ3n) is 2.53. The van der Waals surface area contributed by atoms with Gasteiger partial charge < -0.3 is 28.6 Å². The van der Waals surface area contributed by atoms with Gasteiger partial charge in [-0.05, 0) is 22.7 Å². The van der Waals surface area contributed by atoms with Gasteiger partial charge in [0.05, 0.1) is 20.7 Å². The van der Waals surface area contributed by atoms with Crippen molar-refractivity contribution in [1.29, 1.82) is 0 Å². The highest BCUT2D eigenvalue weighted by atomic mass is 35.5. The van der Waals surface area contributed by atoms with E-state index >= 15 is 0 Å². The fraction of sp³-hybridized carbons (Fsp3) is 0.333. The van der Waals surface area contributed by atoms with Gasteiger partial charge in [-0.15, -0.1) is 0 Å². The number of likely N-dealkylation sites (N-methyl/N-ethyl adjacent to an activating group) is 1. The van der Waals surface area contributed by atoms with E-state index in [-0.39, 0.29) is 18.4 Å². The first-order valence-corrected chi connectivity index (χ1v) is 5.59. The minimum absolute atomic E-state index is 0. The molecular formula is C12H20ClN5O. The zero-order valence-electron chi connectivity index (χ0n) is 11.1. The highest BCUT2D eigenvalue weighted by molar-refractivity contribution is 5.89. The topological polar surface area (TPSA) is 103 Å². The third-order valence-corrected chi connectivity index (χ3v) is 2.53. The van der Waals surface area contributed by atoms with Gasteiger partial charge in [-0.2, -0.15) is 0 Å². The molecule has 0 spiro atoms. The van der Waals surface area contributed by atoms with Crippen LogP contribution in [0.15, 0.2) is 29.3 Å². The van der Waals surface area contributed by atoms with Crippen molar-refractivity contribution in [2.45, 2.75) is 6.42 Å². The summed E-state index contributed by atoms with van der Waals surface area (Å²) in [4.78, 5) is 3.79. The summed E-state index contributed by atoms with van der Waals surface area (Å²) in [7, 11) is 3.49. The molecule has 0 heterocycles. The molecule has 19 heavy (non-hydrogen) atoms. The molecule has 0 bridgehead atoms. The molecule has 0 aliphatic heterocycles. The van der Waals surface area contributed by atoms with E-state index < -0.39 is 0 Å². The smallest absolute Gasteiger partial charge is 0.388 e. The summed E-state index contributed by atoms with van der Waals surface area (Å²) in [5.74, 6) is 1.12. The lowest BCUT2D eigenvalue weighted by atomic mass is 10.1. The number of ether oxygens (including phenoxy) is 1. The van der Waals surface area contributed by atoms with Crippen molar-refractivity contribution < 1.29 is 21.7 Å². The molecule has 0 aliphatic rings. The van der Waals surface area contributed by atoms with Gasteiger partial charge in [-0.1, -0.05) is 12.1 Å². The van der Waals surface area contributed by atoms with Crippen LogP contribution in [0.2, 0.25) is 0 Å². The molecule has 0 aromatic heterocycles. The summed E-state index contributed by atoms with van der Waals surface area (Å²) < 4.78 is 6.89. The highest BCUT2D eigenvalue weighted by Crippen LogP contribution is 2.11. The molecule has 0 radical (unpaired) electrons. The molecule has 6 N–H and O–H groups in total. The molecule has 1 aromatic rings. The Kier molecular flexibility index (Phi) is 7.36. The second-order valence-electron chi connectivity index (χ2n) is 3.91. The van der Waals surface area contributed by atoms with Gasteiger partial charge in [0.1, 0.15) is 5.75 Å². The fourth-order valence-electron chi connectivity index (χ4n) is 1.42. The summed E-state index contributed by atoms with van der Waals surface area (Å²) in [5, 5.41) is 0. The van der Waals surface area contributed by atoms with Crippen LogP contribution in [-0.2, 0) is 6.42 Å². The Bertz CT molecular complexity index is 452. The maximum atomic E-state index is 5.70. The van der Waals surface area contributed by atoms with Crippen molar-refractivity contribution >= 4 is 11.9 Å². The van der Waals surface area contributed by atoms with E-state index in [4.69, 9.17) is 21.9 Å². The predicted molar refractivity (Wildman–Crippen MR) is 72.8 cm³/mol. The van der Waals surface area contributed by atoms with Crippen molar-refractivity contribution in [3.63, 3.8) is 0 Å². The molecule has 0 aliphatic carbocycles. The molecule has 0 unspecified atom stereocenters. The van der Waals surface area contributed by atoms with E-state index in [0.717, 1.165) is 18.7 Å². The second-order valence-corrected chi connectivity index (χ2v) is 3.91. The van der Waals surface area contributed by atoms with Gasteiger partial charge in [-0.25, -0.2) is 0 Å². The Morgan fingerprint density at radius 2 is 1.79 bits per heavy atom. The van der Waals surface area contributed by atoms with E-state index in [0.29, 0.717) is 5.96 Å². The Morgan fingerprint density at radius 3 is 2.26 bits per heavy atom. The van der Waals surface area contributed by atoms with Crippen molar-refractivity contribution in [2.75, 3.05) is 20.7 Å². The Morgan fingerprint density at radius 1 is 1.21 bits per heavy atom. The molecular weight excluding hydrogens is 266 g/mol. The number of halogens is 1. The maximum absolute atomic E-state index is 5.70. The summed E-state index contributed by atoms with van der Waals surface area (Å²) in [5.41, 5.74) is 17.4. The van der Waals surface area contributed by atoms with Crippen molar-refractivity contribution in [3.8, 4) is 5.75 Å². The zero-order valence-corrected chi connectivity index (χ0v) is 11.9. The number of rotatable bonds is 4.